The lowest BCUT2D eigenvalue weighted by Gasteiger charge is -2.26. The molecule has 1 unspecified atom stereocenters. The summed E-state index contributed by atoms with van der Waals surface area (Å²) in [6.07, 6.45) is -0.00276. The minimum atomic E-state index is -1.62. The number of ether oxygens (including phenoxy) is 3. The molecule has 2 aliphatic heterocycles. The zero-order valence-electron chi connectivity index (χ0n) is 14.5. The molecule has 2 aliphatic rings. The average Bonchev–Trinajstić information content (AvgIpc) is 3.06. The summed E-state index contributed by atoms with van der Waals surface area (Å²) < 4.78 is 16.1. The van der Waals surface area contributed by atoms with Crippen LogP contribution in [0.25, 0.3) is 0 Å². The van der Waals surface area contributed by atoms with Crippen LogP contribution in [0.3, 0.4) is 0 Å². The Morgan fingerprint density at radius 3 is 2.35 bits per heavy atom. The summed E-state index contributed by atoms with van der Waals surface area (Å²) in [5, 5.41) is 0. The maximum atomic E-state index is 13.0. The molecule has 0 saturated carbocycles. The fourth-order valence-electron chi connectivity index (χ4n) is 3.00. The van der Waals surface area contributed by atoms with Crippen LogP contribution in [0.2, 0.25) is 0 Å². The molecule has 1 atom stereocenters. The van der Waals surface area contributed by atoms with Crippen molar-refractivity contribution in [3.8, 4) is 5.75 Å². The quantitative estimate of drug-likeness (QED) is 0.592. The minimum Gasteiger partial charge on any atom is -0.496 e. The molecule has 1 aromatic rings. The molecule has 1 saturated heterocycles. The van der Waals surface area contributed by atoms with Crippen molar-refractivity contribution in [1.29, 1.82) is 0 Å². The van der Waals surface area contributed by atoms with Crippen LogP contribution in [-0.2, 0) is 34.3 Å². The Labute approximate surface area is 149 Å². The van der Waals surface area contributed by atoms with Gasteiger partial charge in [0.15, 0.2) is 0 Å². The van der Waals surface area contributed by atoms with Crippen LogP contribution < -0.4 is 4.74 Å². The number of esters is 1. The summed E-state index contributed by atoms with van der Waals surface area (Å²) in [6, 6.07) is 6.68. The van der Waals surface area contributed by atoms with Gasteiger partial charge in [0.25, 0.3) is 11.7 Å². The molecule has 3 rings (SSSR count). The van der Waals surface area contributed by atoms with Crippen LogP contribution in [0.5, 0.6) is 5.75 Å². The summed E-state index contributed by atoms with van der Waals surface area (Å²) in [5.41, 5.74) is -1.23. The van der Waals surface area contributed by atoms with Crippen molar-refractivity contribution in [3.05, 3.63) is 41.5 Å². The van der Waals surface area contributed by atoms with Gasteiger partial charge in [0, 0.05) is 25.3 Å². The van der Waals surface area contributed by atoms with E-state index in [-0.39, 0.29) is 18.7 Å². The smallest absolute Gasteiger partial charge is 0.308 e. The number of methoxy groups -OCH3 is 1. The number of hydrogen-bond donors (Lipinski definition) is 0. The highest BCUT2D eigenvalue weighted by atomic mass is 16.6. The Morgan fingerprint density at radius 1 is 1.15 bits per heavy atom. The third kappa shape index (κ3) is 2.63. The zero-order chi connectivity index (χ0) is 19.1. The number of imide groups is 1. The van der Waals surface area contributed by atoms with Gasteiger partial charge in [-0.15, -0.1) is 0 Å². The Hall–Kier alpha value is -3.16. The van der Waals surface area contributed by atoms with Crippen LogP contribution in [0.15, 0.2) is 35.9 Å². The third-order valence-electron chi connectivity index (χ3n) is 4.26. The Bertz CT molecular complexity index is 841. The number of hydrogen-bond acceptors (Lipinski definition) is 7. The Morgan fingerprint density at radius 2 is 1.77 bits per heavy atom. The van der Waals surface area contributed by atoms with Crippen molar-refractivity contribution >= 4 is 23.6 Å². The van der Waals surface area contributed by atoms with E-state index in [9.17, 15) is 19.2 Å². The van der Waals surface area contributed by atoms with Crippen molar-refractivity contribution in [2.45, 2.75) is 32.3 Å². The molecule has 0 N–H and O–H groups in total. The monoisotopic (exact) mass is 359 g/mol. The highest BCUT2D eigenvalue weighted by Crippen LogP contribution is 2.44. The predicted octanol–water partition coefficient (Wildman–Crippen LogP) is 1.39. The third-order valence-corrected chi connectivity index (χ3v) is 4.26. The summed E-state index contributed by atoms with van der Waals surface area (Å²) in [7, 11) is 1.44. The van der Waals surface area contributed by atoms with Gasteiger partial charge in [0.1, 0.15) is 5.75 Å². The molecule has 0 radical (unpaired) electrons. The van der Waals surface area contributed by atoms with Crippen molar-refractivity contribution in [3.63, 3.8) is 0 Å². The number of benzene rings is 1. The average molecular weight is 359 g/mol. The number of para-hydroxylation sites is 1. The minimum absolute atomic E-state index is 0.00138. The number of amides is 2. The number of ketones is 1. The molecular formula is C18H17NO7. The molecule has 1 aromatic carbocycles. The van der Waals surface area contributed by atoms with Crippen molar-refractivity contribution in [2.75, 3.05) is 7.11 Å². The molecule has 2 amide bonds. The summed E-state index contributed by atoms with van der Waals surface area (Å²) in [4.78, 5) is 49.5. The van der Waals surface area contributed by atoms with E-state index in [2.05, 4.69) is 0 Å². The number of rotatable bonds is 4. The molecule has 0 aliphatic carbocycles. The van der Waals surface area contributed by atoms with E-state index in [0.29, 0.717) is 11.3 Å². The van der Waals surface area contributed by atoms with E-state index in [0.717, 1.165) is 11.8 Å². The number of carbonyl (C=O) groups excluding carboxylic acids is 4. The molecule has 26 heavy (non-hydrogen) atoms. The van der Waals surface area contributed by atoms with Gasteiger partial charge in [-0.3, -0.25) is 19.2 Å². The molecule has 2 heterocycles. The highest BCUT2D eigenvalue weighted by molar-refractivity contribution is 6.09. The first kappa shape index (κ1) is 17.7. The van der Waals surface area contributed by atoms with Crippen LogP contribution in [0.1, 0.15) is 32.3 Å². The maximum absolute atomic E-state index is 13.0. The van der Waals surface area contributed by atoms with Crippen molar-refractivity contribution in [2.24, 2.45) is 0 Å². The van der Waals surface area contributed by atoms with E-state index < -0.39 is 34.9 Å². The molecule has 1 fully saturated rings. The SMILES string of the molecule is COc1ccccc1C1(C)OC(N2C(=O)CCC2=O)=C(OC(C)=O)C1=O. The number of nitrogens with zero attached hydrogens (tertiary/aromatic N) is 1. The van der Waals surface area contributed by atoms with Gasteiger partial charge in [-0.1, -0.05) is 18.2 Å². The fourth-order valence-corrected chi connectivity index (χ4v) is 3.00. The molecule has 0 aromatic heterocycles. The first-order valence-corrected chi connectivity index (χ1v) is 7.95. The van der Waals surface area contributed by atoms with Gasteiger partial charge < -0.3 is 14.2 Å². The number of likely N-dealkylation sites (tertiary alicyclic amines) is 1. The predicted molar refractivity (Wildman–Crippen MR) is 86.3 cm³/mol. The molecule has 0 spiro atoms. The molecular weight excluding hydrogens is 342 g/mol. The number of Topliss-reactive ketones (excluding diaryl/α,β-unsaturated/α-hetero) is 1. The fraction of sp³-hybridized carbons (Fsp3) is 0.333. The standard InChI is InChI=1S/C18H17NO7/c1-10(20)25-15-16(23)18(2,11-6-4-5-7-12(11)24-3)26-17(15)19-13(21)8-9-14(19)22/h4-7H,8-9H2,1-3H3. The van der Waals surface area contributed by atoms with Gasteiger partial charge in [-0.2, -0.15) is 0 Å². The van der Waals surface area contributed by atoms with Crippen LogP contribution in [0, 0.1) is 0 Å². The molecule has 0 bridgehead atoms. The zero-order valence-corrected chi connectivity index (χ0v) is 14.5. The largest absolute Gasteiger partial charge is 0.496 e. The molecule has 8 heteroatoms. The first-order chi connectivity index (χ1) is 12.3. The Balaban J connectivity index is 2.11. The Kier molecular flexibility index (Phi) is 4.27. The van der Waals surface area contributed by atoms with E-state index in [4.69, 9.17) is 14.2 Å². The normalized spacial score (nSPS) is 22.7. The maximum Gasteiger partial charge on any atom is 0.308 e. The second kappa shape index (κ2) is 6.29. The first-order valence-electron chi connectivity index (χ1n) is 7.95. The molecule has 136 valence electrons. The lowest BCUT2D eigenvalue weighted by Crippen LogP contribution is -2.34. The van der Waals surface area contributed by atoms with Gasteiger partial charge in [0.05, 0.1) is 7.11 Å². The van der Waals surface area contributed by atoms with Crippen molar-refractivity contribution in [1.82, 2.24) is 4.90 Å². The number of carbonyl (C=O) groups is 4. The van der Waals surface area contributed by atoms with Crippen LogP contribution in [-0.4, -0.2) is 35.6 Å². The summed E-state index contributed by atoms with van der Waals surface area (Å²) in [6.45, 7) is 2.58. The van der Waals surface area contributed by atoms with Crippen LogP contribution >= 0.6 is 0 Å². The van der Waals surface area contributed by atoms with E-state index in [1.807, 2.05) is 0 Å². The van der Waals surface area contributed by atoms with Crippen molar-refractivity contribution < 1.29 is 33.4 Å². The highest BCUT2D eigenvalue weighted by Gasteiger charge is 2.54. The van der Waals surface area contributed by atoms with E-state index in [1.165, 1.54) is 14.0 Å². The van der Waals surface area contributed by atoms with Crippen LogP contribution in [0.4, 0.5) is 0 Å². The van der Waals surface area contributed by atoms with Gasteiger partial charge in [-0.05, 0) is 13.0 Å². The van der Waals surface area contributed by atoms with Gasteiger partial charge >= 0.3 is 5.97 Å². The lowest BCUT2D eigenvalue weighted by molar-refractivity contribution is -0.144. The van der Waals surface area contributed by atoms with Gasteiger partial charge in [-0.25, -0.2) is 4.90 Å². The summed E-state index contributed by atoms with van der Waals surface area (Å²) >= 11 is 0. The lowest BCUT2D eigenvalue weighted by atomic mass is 9.91. The second-order valence-corrected chi connectivity index (χ2v) is 6.02. The van der Waals surface area contributed by atoms with E-state index in [1.54, 1.807) is 24.3 Å². The topological polar surface area (TPSA) is 99.2 Å². The second-order valence-electron chi connectivity index (χ2n) is 6.02. The summed E-state index contributed by atoms with van der Waals surface area (Å²) in [5.74, 6) is -2.93. The van der Waals surface area contributed by atoms with E-state index >= 15 is 0 Å². The van der Waals surface area contributed by atoms with Gasteiger partial charge in [0.2, 0.25) is 23.2 Å². The molecule has 8 nitrogen and oxygen atoms in total.